The number of rotatable bonds is 5. The van der Waals surface area contributed by atoms with Crippen LogP contribution in [0.2, 0.25) is 0 Å². The Kier molecular flexibility index (Phi) is 3.87. The van der Waals surface area contributed by atoms with E-state index < -0.39 is 0 Å². The minimum atomic E-state index is 0.00613. The third-order valence-corrected chi connectivity index (χ3v) is 4.23. The molecule has 2 rings (SSSR count). The number of nitrogens with zero attached hydrogens (tertiary/aromatic N) is 2. The molecule has 0 aliphatic heterocycles. The number of aromatic nitrogens is 2. The summed E-state index contributed by atoms with van der Waals surface area (Å²) in [6.45, 7) is 5.53. The van der Waals surface area contributed by atoms with E-state index in [0.29, 0.717) is 0 Å². The Labute approximate surface area is 105 Å². The van der Waals surface area contributed by atoms with E-state index in [1.807, 2.05) is 19.6 Å². The third kappa shape index (κ3) is 2.89. The van der Waals surface area contributed by atoms with Crippen LogP contribution in [0.4, 0.5) is 0 Å². The van der Waals surface area contributed by atoms with Crippen molar-refractivity contribution in [2.75, 3.05) is 7.05 Å². The molecule has 0 saturated heterocycles. The van der Waals surface area contributed by atoms with Crippen molar-refractivity contribution >= 4 is 0 Å². The maximum Gasteiger partial charge on any atom is 0.0948 e. The largest absolute Gasteiger partial charge is 0.333 e. The van der Waals surface area contributed by atoms with Gasteiger partial charge in [0.15, 0.2) is 0 Å². The summed E-state index contributed by atoms with van der Waals surface area (Å²) in [6.07, 6.45) is 11.0. The highest BCUT2D eigenvalue weighted by atomic mass is 15.1. The lowest BCUT2D eigenvalue weighted by Crippen LogP contribution is -2.35. The average Bonchev–Trinajstić information content (AvgIpc) is 2.97. The molecule has 0 spiro atoms. The molecule has 0 radical (unpaired) electrons. The molecule has 17 heavy (non-hydrogen) atoms. The molecule has 1 aromatic heterocycles. The molecule has 0 aromatic carbocycles. The van der Waals surface area contributed by atoms with E-state index in [1.54, 1.807) is 0 Å². The van der Waals surface area contributed by atoms with Crippen molar-refractivity contribution in [1.29, 1.82) is 0 Å². The van der Waals surface area contributed by atoms with Gasteiger partial charge < -0.3 is 9.88 Å². The van der Waals surface area contributed by atoms with Crippen LogP contribution < -0.4 is 5.32 Å². The number of hydrogen-bond donors (Lipinski definition) is 1. The van der Waals surface area contributed by atoms with Crippen LogP contribution in [0, 0.1) is 5.92 Å². The second-order valence-electron chi connectivity index (χ2n) is 5.79. The van der Waals surface area contributed by atoms with Crippen molar-refractivity contribution in [3.63, 3.8) is 0 Å². The summed E-state index contributed by atoms with van der Waals surface area (Å²) in [7, 11) is 2.01. The first-order valence-electron chi connectivity index (χ1n) is 6.83. The van der Waals surface area contributed by atoms with Gasteiger partial charge in [0.25, 0.3) is 0 Å². The highest BCUT2D eigenvalue weighted by Crippen LogP contribution is 2.28. The van der Waals surface area contributed by atoms with Gasteiger partial charge >= 0.3 is 0 Å². The minimum absolute atomic E-state index is 0.00613. The predicted octanol–water partition coefficient (Wildman–Crippen LogP) is 2.92. The molecule has 0 bridgehead atoms. The first-order valence-corrected chi connectivity index (χ1v) is 6.83. The monoisotopic (exact) mass is 235 g/mol. The topological polar surface area (TPSA) is 29.9 Å². The Morgan fingerprint density at radius 2 is 2.12 bits per heavy atom. The molecule has 1 aliphatic rings. The van der Waals surface area contributed by atoms with Crippen LogP contribution in [0.1, 0.15) is 51.6 Å². The van der Waals surface area contributed by atoms with Gasteiger partial charge in [-0.2, -0.15) is 0 Å². The van der Waals surface area contributed by atoms with Crippen molar-refractivity contribution < 1.29 is 0 Å². The Hall–Kier alpha value is -0.830. The Morgan fingerprint density at radius 1 is 1.41 bits per heavy atom. The number of imidazole rings is 1. The molecule has 3 nitrogen and oxygen atoms in total. The molecule has 0 atom stereocenters. The molecular formula is C14H25N3. The fraction of sp³-hybridized carbons (Fsp3) is 0.786. The maximum absolute atomic E-state index is 4.30. The average molecular weight is 235 g/mol. The van der Waals surface area contributed by atoms with E-state index in [-0.39, 0.29) is 5.54 Å². The zero-order valence-corrected chi connectivity index (χ0v) is 11.4. The Balaban J connectivity index is 1.98. The third-order valence-electron chi connectivity index (χ3n) is 4.23. The van der Waals surface area contributed by atoms with Crippen molar-refractivity contribution in [1.82, 2.24) is 14.9 Å². The highest BCUT2D eigenvalue weighted by Gasteiger charge is 2.22. The van der Waals surface area contributed by atoms with E-state index in [2.05, 4.69) is 28.7 Å². The van der Waals surface area contributed by atoms with Gasteiger partial charge in [-0.15, -0.1) is 0 Å². The molecule has 1 aliphatic carbocycles. The SMILES string of the molecule is CNC(C)(C)c1cncn1CCC1CCCC1. The molecule has 96 valence electrons. The Morgan fingerprint density at radius 3 is 2.76 bits per heavy atom. The summed E-state index contributed by atoms with van der Waals surface area (Å²) >= 11 is 0. The molecule has 1 saturated carbocycles. The predicted molar refractivity (Wildman–Crippen MR) is 70.9 cm³/mol. The second kappa shape index (κ2) is 5.21. The lowest BCUT2D eigenvalue weighted by atomic mass is 10.0. The van der Waals surface area contributed by atoms with E-state index >= 15 is 0 Å². The first kappa shape index (κ1) is 12.6. The van der Waals surface area contributed by atoms with E-state index in [1.165, 1.54) is 37.8 Å². The summed E-state index contributed by atoms with van der Waals surface area (Å²) in [6, 6.07) is 0. The van der Waals surface area contributed by atoms with E-state index in [4.69, 9.17) is 0 Å². The standard InChI is InChI=1S/C14H25N3/c1-14(2,15-3)13-10-16-11-17(13)9-8-12-6-4-5-7-12/h10-12,15H,4-9H2,1-3H3. The fourth-order valence-electron chi connectivity index (χ4n) is 2.77. The van der Waals surface area contributed by atoms with Crippen LogP contribution in [0.25, 0.3) is 0 Å². The number of nitrogens with one attached hydrogen (secondary N) is 1. The van der Waals surface area contributed by atoms with Crippen LogP contribution >= 0.6 is 0 Å². The molecule has 1 fully saturated rings. The minimum Gasteiger partial charge on any atom is -0.333 e. The van der Waals surface area contributed by atoms with Gasteiger partial charge in [0.1, 0.15) is 0 Å². The van der Waals surface area contributed by atoms with Gasteiger partial charge in [0, 0.05) is 12.7 Å². The van der Waals surface area contributed by atoms with Gasteiger partial charge in [-0.3, -0.25) is 0 Å². The number of hydrogen-bond acceptors (Lipinski definition) is 2. The summed E-state index contributed by atoms with van der Waals surface area (Å²) in [5.41, 5.74) is 1.30. The maximum atomic E-state index is 4.30. The normalized spacial score (nSPS) is 17.8. The lowest BCUT2D eigenvalue weighted by molar-refractivity contribution is 0.388. The van der Waals surface area contributed by atoms with Crippen molar-refractivity contribution in [2.24, 2.45) is 5.92 Å². The lowest BCUT2D eigenvalue weighted by Gasteiger charge is -2.25. The van der Waals surface area contributed by atoms with Gasteiger partial charge in [-0.1, -0.05) is 25.7 Å². The van der Waals surface area contributed by atoms with Gasteiger partial charge in [-0.25, -0.2) is 4.98 Å². The summed E-state index contributed by atoms with van der Waals surface area (Å²) < 4.78 is 2.31. The van der Waals surface area contributed by atoms with Gasteiger partial charge in [0.2, 0.25) is 0 Å². The van der Waals surface area contributed by atoms with Crippen LogP contribution in [0.5, 0.6) is 0 Å². The van der Waals surface area contributed by atoms with Crippen molar-refractivity contribution in [3.8, 4) is 0 Å². The van der Waals surface area contributed by atoms with E-state index in [0.717, 1.165) is 12.5 Å². The van der Waals surface area contributed by atoms with Crippen molar-refractivity contribution in [2.45, 2.75) is 58.0 Å². The molecule has 3 heteroatoms. The molecule has 1 aromatic rings. The molecule has 0 unspecified atom stereocenters. The molecular weight excluding hydrogens is 210 g/mol. The first-order chi connectivity index (χ1) is 8.13. The smallest absolute Gasteiger partial charge is 0.0948 e. The summed E-state index contributed by atoms with van der Waals surface area (Å²) in [5.74, 6) is 0.947. The zero-order chi connectivity index (χ0) is 12.3. The van der Waals surface area contributed by atoms with Crippen LogP contribution in [-0.2, 0) is 12.1 Å². The highest BCUT2D eigenvalue weighted by molar-refractivity contribution is 5.10. The van der Waals surface area contributed by atoms with Crippen molar-refractivity contribution in [3.05, 3.63) is 18.2 Å². The molecule has 1 N–H and O–H groups in total. The zero-order valence-electron chi connectivity index (χ0n) is 11.4. The molecule has 1 heterocycles. The Bertz CT molecular complexity index is 348. The quantitative estimate of drug-likeness (QED) is 0.850. The second-order valence-corrected chi connectivity index (χ2v) is 5.79. The van der Waals surface area contributed by atoms with E-state index in [9.17, 15) is 0 Å². The van der Waals surface area contributed by atoms with Crippen LogP contribution in [0.15, 0.2) is 12.5 Å². The van der Waals surface area contributed by atoms with Crippen LogP contribution in [-0.4, -0.2) is 16.6 Å². The van der Waals surface area contributed by atoms with Gasteiger partial charge in [0.05, 0.1) is 17.6 Å². The summed E-state index contributed by atoms with van der Waals surface area (Å²) in [5, 5.41) is 3.35. The van der Waals surface area contributed by atoms with Crippen LogP contribution in [0.3, 0.4) is 0 Å². The van der Waals surface area contributed by atoms with Gasteiger partial charge in [-0.05, 0) is 33.2 Å². The summed E-state index contributed by atoms with van der Waals surface area (Å²) in [4.78, 5) is 4.30. The fourth-order valence-corrected chi connectivity index (χ4v) is 2.77. The molecule has 0 amide bonds. The number of aryl methyl sites for hydroxylation is 1.